The van der Waals surface area contributed by atoms with Gasteiger partial charge in [0.25, 0.3) is 0 Å². The van der Waals surface area contributed by atoms with E-state index >= 15 is 0 Å². The molecule has 6 atom stereocenters. The molecule has 44 heavy (non-hydrogen) atoms. The Kier molecular flexibility index (Phi) is 12.1. The third-order valence-corrected chi connectivity index (χ3v) is 8.42. The first-order valence-electron chi connectivity index (χ1n) is 15.2. The minimum absolute atomic E-state index is 0.00893. The molecule has 0 radical (unpaired) electrons. The second-order valence-electron chi connectivity index (χ2n) is 11.6. The molecule has 1 heterocycles. The van der Waals surface area contributed by atoms with Gasteiger partial charge in [-0.15, -0.1) is 0 Å². The number of nitrogens with zero attached hydrogens (tertiary/aromatic N) is 1. The zero-order valence-corrected chi connectivity index (χ0v) is 25.6. The summed E-state index contributed by atoms with van der Waals surface area (Å²) in [7, 11) is 1.99. The van der Waals surface area contributed by atoms with Gasteiger partial charge in [0.2, 0.25) is 5.91 Å². The number of hydrogen-bond donors (Lipinski definition) is 4. The van der Waals surface area contributed by atoms with Crippen LogP contribution in [-0.4, -0.2) is 57.8 Å². The number of aliphatic hydroxyl groups is 2. The van der Waals surface area contributed by atoms with Crippen molar-refractivity contribution >= 4 is 11.9 Å². The van der Waals surface area contributed by atoms with Crippen LogP contribution in [0, 0.1) is 5.92 Å². The molecular formula is C35H44N2O7. The van der Waals surface area contributed by atoms with E-state index in [4.69, 9.17) is 14.6 Å². The van der Waals surface area contributed by atoms with E-state index in [0.717, 1.165) is 27.8 Å². The highest BCUT2D eigenvalue weighted by molar-refractivity contribution is 5.76. The van der Waals surface area contributed by atoms with Crippen LogP contribution in [0.4, 0.5) is 0 Å². The minimum Gasteiger partial charge on any atom is -0.481 e. The zero-order valence-electron chi connectivity index (χ0n) is 25.6. The van der Waals surface area contributed by atoms with Gasteiger partial charge < -0.3 is 30.1 Å². The first-order chi connectivity index (χ1) is 21.2. The number of aliphatic hydroxyl groups excluding tert-OH is 2. The summed E-state index contributed by atoms with van der Waals surface area (Å²) in [5, 5.41) is 32.2. The summed E-state index contributed by atoms with van der Waals surface area (Å²) in [6.45, 7) is 5.00. The number of benzene rings is 3. The summed E-state index contributed by atoms with van der Waals surface area (Å²) in [5.74, 6) is -1.10. The number of nitrogens with one attached hydrogen (secondary N) is 1. The Morgan fingerprint density at radius 1 is 0.909 bits per heavy atom. The molecule has 9 nitrogen and oxygen atoms in total. The van der Waals surface area contributed by atoms with Gasteiger partial charge in [-0.2, -0.15) is 0 Å². The standard InChI is InChI=1S/C35H44N2O7/c1-23-30(21-37(3)24(2)33(42)27-8-5-4-6-9-27)43-35(44-34(23)28-16-14-26(22-38)15-17-28)29-18-12-25(13-19-29)20-36-31(39)10-7-11-32(40)41/h4-6,8-9,12-19,23-24,30,33-35,38,42H,7,10-11,20-22H2,1-3H3,(H,36,39)(H,40,41)/t23-,24+,30+,33+,34+,35+/m0/s1. The number of carbonyl (C=O) groups excluding carboxylic acids is 1. The lowest BCUT2D eigenvalue weighted by atomic mass is 9.89. The summed E-state index contributed by atoms with van der Waals surface area (Å²) in [6.07, 6.45) is -1.32. The summed E-state index contributed by atoms with van der Waals surface area (Å²) < 4.78 is 13.2. The van der Waals surface area contributed by atoms with E-state index in [2.05, 4.69) is 17.1 Å². The van der Waals surface area contributed by atoms with Gasteiger partial charge in [-0.1, -0.05) is 85.8 Å². The van der Waals surface area contributed by atoms with Crippen LogP contribution in [0.5, 0.6) is 0 Å². The van der Waals surface area contributed by atoms with Crippen LogP contribution in [0.2, 0.25) is 0 Å². The highest BCUT2D eigenvalue weighted by Crippen LogP contribution is 2.42. The molecule has 1 aliphatic heterocycles. The molecule has 0 bridgehead atoms. The molecule has 1 fully saturated rings. The summed E-state index contributed by atoms with van der Waals surface area (Å²) >= 11 is 0. The van der Waals surface area contributed by atoms with E-state index in [-0.39, 0.29) is 49.5 Å². The number of carbonyl (C=O) groups is 2. The number of likely N-dealkylation sites (N-methyl/N-ethyl adjacent to an activating group) is 1. The van der Waals surface area contributed by atoms with Gasteiger partial charge in [-0.3, -0.25) is 14.5 Å². The molecule has 1 amide bonds. The molecule has 236 valence electrons. The molecule has 0 aliphatic carbocycles. The SMILES string of the molecule is C[C@H]1[C@@H](CN(C)[C@H](C)[C@@H](O)c2ccccc2)O[C@@H](c2ccc(CNC(=O)CCCC(=O)O)cc2)O[C@H]1c1ccc(CO)cc1. The van der Waals surface area contributed by atoms with Crippen LogP contribution in [0.1, 0.15) is 79.4 Å². The Morgan fingerprint density at radius 3 is 2.18 bits per heavy atom. The monoisotopic (exact) mass is 604 g/mol. The molecule has 0 spiro atoms. The largest absolute Gasteiger partial charge is 0.481 e. The van der Waals surface area contributed by atoms with E-state index in [1.165, 1.54) is 0 Å². The lowest BCUT2D eigenvalue weighted by Crippen LogP contribution is -2.46. The Balaban J connectivity index is 1.47. The van der Waals surface area contributed by atoms with Gasteiger partial charge in [-0.25, -0.2) is 0 Å². The highest BCUT2D eigenvalue weighted by Gasteiger charge is 2.39. The number of aliphatic carboxylic acids is 1. The molecule has 1 saturated heterocycles. The molecule has 4 N–H and O–H groups in total. The van der Waals surface area contributed by atoms with Crippen LogP contribution in [0.15, 0.2) is 78.9 Å². The van der Waals surface area contributed by atoms with Crippen LogP contribution in [-0.2, 0) is 32.2 Å². The Hall–Kier alpha value is -3.60. The van der Waals surface area contributed by atoms with Crippen molar-refractivity contribution in [3.63, 3.8) is 0 Å². The van der Waals surface area contributed by atoms with Crippen molar-refractivity contribution in [3.05, 3.63) is 107 Å². The van der Waals surface area contributed by atoms with Crippen molar-refractivity contribution in [2.45, 2.75) is 76.9 Å². The van der Waals surface area contributed by atoms with Gasteiger partial charge in [-0.05, 0) is 42.6 Å². The third kappa shape index (κ3) is 8.97. The molecule has 4 rings (SSSR count). The lowest BCUT2D eigenvalue weighted by molar-refractivity contribution is -0.276. The molecule has 1 aliphatic rings. The van der Waals surface area contributed by atoms with Crippen molar-refractivity contribution in [1.29, 1.82) is 0 Å². The number of amides is 1. The van der Waals surface area contributed by atoms with E-state index in [1.807, 2.05) is 92.8 Å². The topological polar surface area (TPSA) is 129 Å². The fraction of sp³-hybridized carbons (Fsp3) is 0.429. The van der Waals surface area contributed by atoms with Gasteiger partial charge in [0.05, 0.1) is 24.9 Å². The Bertz CT molecular complexity index is 1330. The summed E-state index contributed by atoms with van der Waals surface area (Å²) in [6, 6.07) is 25.0. The smallest absolute Gasteiger partial charge is 0.303 e. The molecule has 3 aromatic carbocycles. The van der Waals surface area contributed by atoms with Gasteiger partial charge in [0, 0.05) is 43.5 Å². The third-order valence-electron chi connectivity index (χ3n) is 8.42. The molecule has 0 unspecified atom stereocenters. The van der Waals surface area contributed by atoms with Gasteiger partial charge >= 0.3 is 5.97 Å². The first kappa shape index (κ1) is 33.3. The van der Waals surface area contributed by atoms with Gasteiger partial charge in [0.1, 0.15) is 0 Å². The zero-order chi connectivity index (χ0) is 31.6. The normalized spacial score (nSPS) is 21.5. The predicted octanol–water partition coefficient (Wildman–Crippen LogP) is 4.90. The van der Waals surface area contributed by atoms with E-state index in [0.29, 0.717) is 19.5 Å². The van der Waals surface area contributed by atoms with E-state index in [1.54, 1.807) is 0 Å². The fourth-order valence-electron chi connectivity index (χ4n) is 5.43. The van der Waals surface area contributed by atoms with Gasteiger partial charge in [0.15, 0.2) is 6.29 Å². The van der Waals surface area contributed by atoms with Crippen LogP contribution >= 0.6 is 0 Å². The van der Waals surface area contributed by atoms with Crippen molar-refractivity contribution in [2.75, 3.05) is 13.6 Å². The summed E-state index contributed by atoms with van der Waals surface area (Å²) in [4.78, 5) is 24.9. The number of carboxylic acid groups (broad SMARTS) is 1. The lowest BCUT2D eigenvalue weighted by Gasteiger charge is -2.43. The second-order valence-corrected chi connectivity index (χ2v) is 11.6. The van der Waals surface area contributed by atoms with Crippen molar-refractivity contribution < 1.29 is 34.4 Å². The number of hydrogen-bond acceptors (Lipinski definition) is 7. The average molecular weight is 605 g/mol. The Labute approximate surface area is 259 Å². The molecule has 0 aromatic heterocycles. The van der Waals surface area contributed by atoms with E-state index < -0.39 is 18.4 Å². The minimum atomic E-state index is -0.910. The van der Waals surface area contributed by atoms with Crippen molar-refractivity contribution in [1.82, 2.24) is 10.2 Å². The van der Waals surface area contributed by atoms with E-state index in [9.17, 15) is 19.8 Å². The molecule has 3 aromatic rings. The quantitative estimate of drug-likeness (QED) is 0.205. The maximum Gasteiger partial charge on any atom is 0.303 e. The molecule has 0 saturated carbocycles. The van der Waals surface area contributed by atoms with Crippen molar-refractivity contribution in [3.8, 4) is 0 Å². The number of carboxylic acids is 1. The molecule has 9 heteroatoms. The molecular weight excluding hydrogens is 560 g/mol. The van der Waals surface area contributed by atoms with Crippen LogP contribution in [0.3, 0.4) is 0 Å². The average Bonchev–Trinajstić information content (AvgIpc) is 3.04. The van der Waals surface area contributed by atoms with Crippen molar-refractivity contribution in [2.24, 2.45) is 5.92 Å². The number of rotatable bonds is 14. The first-order valence-corrected chi connectivity index (χ1v) is 15.2. The highest BCUT2D eigenvalue weighted by atomic mass is 16.7. The fourth-order valence-corrected chi connectivity index (χ4v) is 5.43. The predicted molar refractivity (Wildman–Crippen MR) is 166 cm³/mol. The maximum atomic E-state index is 12.1. The van der Waals surface area contributed by atoms with Crippen LogP contribution < -0.4 is 5.32 Å². The second kappa shape index (κ2) is 15.9. The number of ether oxygens (including phenoxy) is 2. The maximum absolute atomic E-state index is 12.1. The van der Waals surface area contributed by atoms with Crippen LogP contribution in [0.25, 0.3) is 0 Å². The Morgan fingerprint density at radius 2 is 1.55 bits per heavy atom. The summed E-state index contributed by atoms with van der Waals surface area (Å²) in [5.41, 5.74) is 4.44.